The molecule has 104 valence electrons. The summed E-state index contributed by atoms with van der Waals surface area (Å²) in [5.41, 5.74) is 7.32. The summed E-state index contributed by atoms with van der Waals surface area (Å²) in [5.74, 6) is 0.732. The predicted octanol–water partition coefficient (Wildman–Crippen LogP) is 2.37. The quantitative estimate of drug-likeness (QED) is 0.907. The highest BCUT2D eigenvalue weighted by molar-refractivity contribution is 5.82. The van der Waals surface area contributed by atoms with E-state index < -0.39 is 0 Å². The second kappa shape index (κ2) is 5.74. The van der Waals surface area contributed by atoms with Gasteiger partial charge in [0.2, 0.25) is 5.91 Å². The molecule has 3 heteroatoms. The lowest BCUT2D eigenvalue weighted by Gasteiger charge is -2.26. The van der Waals surface area contributed by atoms with Crippen LogP contribution in [0.15, 0.2) is 30.3 Å². The number of nitrogens with two attached hydrogens (primary N) is 1. The van der Waals surface area contributed by atoms with Crippen molar-refractivity contribution in [3.8, 4) is 0 Å². The van der Waals surface area contributed by atoms with Crippen LogP contribution in [0.5, 0.6) is 0 Å². The minimum absolute atomic E-state index is 0.0981. The number of amides is 1. The van der Waals surface area contributed by atoms with Crippen LogP contribution in [-0.4, -0.2) is 29.4 Å². The molecule has 1 amide bonds. The largest absolute Gasteiger partial charge is 0.338 e. The van der Waals surface area contributed by atoms with E-state index in [1.165, 1.54) is 5.56 Å². The molecule has 1 aliphatic heterocycles. The minimum Gasteiger partial charge on any atom is -0.338 e. The number of hydrogen-bond donors (Lipinski definition) is 1. The summed E-state index contributed by atoms with van der Waals surface area (Å²) in [5, 5.41) is 0. The van der Waals surface area contributed by atoms with Crippen molar-refractivity contribution >= 4 is 5.91 Å². The number of carbonyl (C=O) groups excluding carboxylic acids is 1. The van der Waals surface area contributed by atoms with Crippen LogP contribution < -0.4 is 5.73 Å². The first-order chi connectivity index (χ1) is 9.00. The molecule has 1 aromatic rings. The van der Waals surface area contributed by atoms with Crippen LogP contribution in [0.2, 0.25) is 0 Å². The average molecular weight is 260 g/mol. The van der Waals surface area contributed by atoms with E-state index in [0.29, 0.717) is 5.92 Å². The van der Waals surface area contributed by atoms with Crippen LogP contribution in [0.3, 0.4) is 0 Å². The molecule has 0 spiro atoms. The lowest BCUT2D eigenvalue weighted by molar-refractivity contribution is -0.134. The standard InChI is InChI=1S/C16H24N2O/c1-11(2)15(17)16(19)18-10-14(9-12(18)3)13-7-5-4-6-8-13/h4-8,11-12,14-15H,9-10,17H2,1-3H3/t12?,14?,15-/m0/s1. The third-order valence-electron chi connectivity index (χ3n) is 4.13. The Kier molecular flexibility index (Phi) is 4.25. The van der Waals surface area contributed by atoms with E-state index in [1.807, 2.05) is 24.8 Å². The first-order valence-electron chi connectivity index (χ1n) is 7.11. The summed E-state index contributed by atoms with van der Waals surface area (Å²) in [7, 11) is 0. The highest BCUT2D eigenvalue weighted by Crippen LogP contribution is 2.32. The van der Waals surface area contributed by atoms with Crippen molar-refractivity contribution in [3.63, 3.8) is 0 Å². The van der Waals surface area contributed by atoms with Gasteiger partial charge in [-0.15, -0.1) is 0 Å². The second-order valence-corrected chi connectivity index (χ2v) is 5.95. The first kappa shape index (κ1) is 14.1. The van der Waals surface area contributed by atoms with Gasteiger partial charge in [-0.1, -0.05) is 44.2 Å². The van der Waals surface area contributed by atoms with E-state index in [9.17, 15) is 4.79 Å². The van der Waals surface area contributed by atoms with Crippen molar-refractivity contribution in [1.29, 1.82) is 0 Å². The molecule has 2 rings (SSSR count). The summed E-state index contributed by atoms with van der Waals surface area (Å²) in [6.45, 7) is 6.91. The van der Waals surface area contributed by atoms with Gasteiger partial charge >= 0.3 is 0 Å². The number of nitrogens with zero attached hydrogens (tertiary/aromatic N) is 1. The summed E-state index contributed by atoms with van der Waals surface area (Å²) in [4.78, 5) is 14.3. The summed E-state index contributed by atoms with van der Waals surface area (Å²) < 4.78 is 0. The molecule has 0 radical (unpaired) electrons. The Balaban J connectivity index is 2.08. The predicted molar refractivity (Wildman–Crippen MR) is 77.8 cm³/mol. The molecule has 0 aliphatic carbocycles. The van der Waals surface area contributed by atoms with E-state index in [0.717, 1.165) is 13.0 Å². The highest BCUT2D eigenvalue weighted by Gasteiger charge is 2.35. The van der Waals surface area contributed by atoms with E-state index in [2.05, 4.69) is 31.2 Å². The molecule has 1 heterocycles. The van der Waals surface area contributed by atoms with Gasteiger partial charge in [-0.2, -0.15) is 0 Å². The fourth-order valence-corrected chi connectivity index (χ4v) is 2.78. The lowest BCUT2D eigenvalue weighted by atomic mass is 9.97. The van der Waals surface area contributed by atoms with Crippen LogP contribution in [0.25, 0.3) is 0 Å². The molecule has 19 heavy (non-hydrogen) atoms. The Morgan fingerprint density at radius 1 is 1.32 bits per heavy atom. The van der Waals surface area contributed by atoms with Gasteiger partial charge in [0.05, 0.1) is 6.04 Å². The van der Waals surface area contributed by atoms with Crippen molar-refractivity contribution < 1.29 is 4.79 Å². The number of likely N-dealkylation sites (tertiary alicyclic amines) is 1. The summed E-state index contributed by atoms with van der Waals surface area (Å²) in [6.07, 6.45) is 1.03. The van der Waals surface area contributed by atoms with E-state index in [-0.39, 0.29) is 23.9 Å². The minimum atomic E-state index is -0.378. The second-order valence-electron chi connectivity index (χ2n) is 5.95. The molecule has 1 saturated heterocycles. The van der Waals surface area contributed by atoms with Crippen LogP contribution in [0.4, 0.5) is 0 Å². The number of hydrogen-bond acceptors (Lipinski definition) is 2. The Hall–Kier alpha value is -1.35. The van der Waals surface area contributed by atoms with Crippen molar-refractivity contribution in [3.05, 3.63) is 35.9 Å². The molecule has 3 nitrogen and oxygen atoms in total. The number of benzene rings is 1. The topological polar surface area (TPSA) is 46.3 Å². The molecule has 1 fully saturated rings. The molecular formula is C16H24N2O. The average Bonchev–Trinajstić information content (AvgIpc) is 2.80. The Bertz CT molecular complexity index is 430. The molecule has 0 saturated carbocycles. The van der Waals surface area contributed by atoms with Gasteiger partial charge in [0.1, 0.15) is 0 Å². The summed E-state index contributed by atoms with van der Waals surface area (Å²) in [6, 6.07) is 10.3. The zero-order valence-electron chi connectivity index (χ0n) is 12.0. The molecule has 2 N–H and O–H groups in total. The van der Waals surface area contributed by atoms with Crippen molar-refractivity contribution in [1.82, 2.24) is 4.90 Å². The molecule has 1 aromatic carbocycles. The fourth-order valence-electron chi connectivity index (χ4n) is 2.78. The molecule has 0 bridgehead atoms. The number of rotatable bonds is 3. The van der Waals surface area contributed by atoms with Gasteiger partial charge in [-0.3, -0.25) is 4.79 Å². The van der Waals surface area contributed by atoms with Crippen LogP contribution >= 0.6 is 0 Å². The zero-order chi connectivity index (χ0) is 14.0. The third-order valence-corrected chi connectivity index (χ3v) is 4.13. The molecule has 1 aliphatic rings. The molecular weight excluding hydrogens is 236 g/mol. The van der Waals surface area contributed by atoms with Crippen molar-refractivity contribution in [2.45, 2.75) is 45.2 Å². The molecule has 3 atom stereocenters. The van der Waals surface area contributed by atoms with Gasteiger partial charge in [-0.05, 0) is 24.8 Å². The maximum Gasteiger partial charge on any atom is 0.240 e. The smallest absolute Gasteiger partial charge is 0.240 e. The van der Waals surface area contributed by atoms with Gasteiger partial charge in [0.25, 0.3) is 0 Å². The zero-order valence-corrected chi connectivity index (χ0v) is 12.0. The maximum absolute atomic E-state index is 12.4. The number of carbonyl (C=O) groups is 1. The van der Waals surface area contributed by atoms with E-state index in [4.69, 9.17) is 5.73 Å². The van der Waals surface area contributed by atoms with E-state index >= 15 is 0 Å². The molecule has 2 unspecified atom stereocenters. The summed E-state index contributed by atoms with van der Waals surface area (Å²) >= 11 is 0. The van der Waals surface area contributed by atoms with Crippen LogP contribution in [0, 0.1) is 5.92 Å². The Labute approximate surface area is 115 Å². The van der Waals surface area contributed by atoms with Crippen LogP contribution in [-0.2, 0) is 4.79 Å². The highest BCUT2D eigenvalue weighted by atomic mass is 16.2. The Morgan fingerprint density at radius 3 is 2.53 bits per heavy atom. The SMILES string of the molecule is CC(C)[C@H](N)C(=O)N1CC(c2ccccc2)CC1C. The van der Waals surface area contributed by atoms with Gasteiger partial charge in [0.15, 0.2) is 0 Å². The lowest BCUT2D eigenvalue weighted by Crippen LogP contribution is -2.47. The normalized spacial score (nSPS) is 24.8. The molecule has 0 aromatic heterocycles. The van der Waals surface area contributed by atoms with Crippen LogP contribution in [0.1, 0.15) is 38.7 Å². The third kappa shape index (κ3) is 2.98. The Morgan fingerprint density at radius 2 is 1.95 bits per heavy atom. The van der Waals surface area contributed by atoms with Crippen molar-refractivity contribution in [2.75, 3.05) is 6.54 Å². The van der Waals surface area contributed by atoms with Gasteiger partial charge < -0.3 is 10.6 Å². The fraction of sp³-hybridized carbons (Fsp3) is 0.562. The van der Waals surface area contributed by atoms with Crippen molar-refractivity contribution in [2.24, 2.45) is 11.7 Å². The van der Waals surface area contributed by atoms with E-state index in [1.54, 1.807) is 0 Å². The maximum atomic E-state index is 12.4. The monoisotopic (exact) mass is 260 g/mol. The first-order valence-corrected chi connectivity index (χ1v) is 7.11. The van der Waals surface area contributed by atoms with Gasteiger partial charge in [0, 0.05) is 18.5 Å². The van der Waals surface area contributed by atoms with Gasteiger partial charge in [-0.25, -0.2) is 0 Å².